The Bertz CT molecular complexity index is 625. The SMILES string of the molecule is CCOC(=O)c1nc(NCc2ccccc2OC)sc1C. The number of benzene rings is 1. The molecule has 0 fully saturated rings. The maximum absolute atomic E-state index is 11.7. The van der Waals surface area contributed by atoms with E-state index in [1.165, 1.54) is 11.3 Å². The lowest BCUT2D eigenvalue weighted by atomic mass is 10.2. The zero-order valence-electron chi connectivity index (χ0n) is 12.3. The van der Waals surface area contributed by atoms with Crippen LogP contribution in [0, 0.1) is 6.92 Å². The molecule has 1 aromatic heterocycles. The third-order valence-electron chi connectivity index (χ3n) is 2.89. The Morgan fingerprint density at radius 1 is 1.38 bits per heavy atom. The van der Waals surface area contributed by atoms with Gasteiger partial charge < -0.3 is 14.8 Å². The van der Waals surface area contributed by atoms with Crippen LogP contribution in [0.1, 0.15) is 27.9 Å². The standard InChI is InChI=1S/C15H18N2O3S/c1-4-20-14(18)13-10(2)21-15(17-13)16-9-11-7-5-6-8-12(11)19-3/h5-8H,4,9H2,1-3H3,(H,16,17). The Morgan fingerprint density at radius 3 is 2.86 bits per heavy atom. The maximum atomic E-state index is 11.7. The molecule has 0 aliphatic carbocycles. The second-order valence-corrected chi connectivity index (χ2v) is 5.51. The van der Waals surface area contributed by atoms with Gasteiger partial charge in [-0.25, -0.2) is 9.78 Å². The number of aromatic nitrogens is 1. The fourth-order valence-corrected chi connectivity index (χ4v) is 2.68. The van der Waals surface area contributed by atoms with Gasteiger partial charge in [0.05, 0.1) is 13.7 Å². The fourth-order valence-electron chi connectivity index (χ4n) is 1.88. The van der Waals surface area contributed by atoms with E-state index in [4.69, 9.17) is 9.47 Å². The average Bonchev–Trinajstić information content (AvgIpc) is 2.87. The number of hydrogen-bond acceptors (Lipinski definition) is 6. The van der Waals surface area contributed by atoms with Crippen LogP contribution >= 0.6 is 11.3 Å². The second-order valence-electron chi connectivity index (χ2n) is 4.31. The Hall–Kier alpha value is -2.08. The number of aryl methyl sites for hydroxylation is 1. The van der Waals surface area contributed by atoms with Crippen LogP contribution in [0.15, 0.2) is 24.3 Å². The van der Waals surface area contributed by atoms with E-state index < -0.39 is 0 Å². The van der Waals surface area contributed by atoms with Crippen molar-refractivity contribution in [2.24, 2.45) is 0 Å². The molecule has 0 amide bonds. The lowest BCUT2D eigenvalue weighted by Crippen LogP contribution is -2.07. The second kappa shape index (κ2) is 7.08. The van der Waals surface area contributed by atoms with Gasteiger partial charge in [-0.05, 0) is 19.9 Å². The smallest absolute Gasteiger partial charge is 0.358 e. The minimum Gasteiger partial charge on any atom is -0.496 e. The van der Waals surface area contributed by atoms with Crippen LogP contribution in [0.2, 0.25) is 0 Å². The maximum Gasteiger partial charge on any atom is 0.358 e. The first-order valence-corrected chi connectivity index (χ1v) is 7.47. The molecular weight excluding hydrogens is 288 g/mol. The molecule has 0 bridgehead atoms. The first-order valence-electron chi connectivity index (χ1n) is 6.66. The summed E-state index contributed by atoms with van der Waals surface area (Å²) in [6, 6.07) is 7.78. The quantitative estimate of drug-likeness (QED) is 0.830. The Labute approximate surface area is 127 Å². The zero-order valence-corrected chi connectivity index (χ0v) is 13.1. The summed E-state index contributed by atoms with van der Waals surface area (Å²) in [5.41, 5.74) is 1.41. The average molecular weight is 306 g/mol. The van der Waals surface area contributed by atoms with E-state index in [0.717, 1.165) is 16.2 Å². The molecular formula is C15H18N2O3S. The molecule has 2 aromatic rings. The van der Waals surface area contributed by atoms with Crippen molar-refractivity contribution in [1.82, 2.24) is 4.98 Å². The number of nitrogens with one attached hydrogen (secondary N) is 1. The summed E-state index contributed by atoms with van der Waals surface area (Å²) in [6.07, 6.45) is 0. The molecule has 0 atom stereocenters. The lowest BCUT2D eigenvalue weighted by molar-refractivity contribution is 0.0519. The van der Waals surface area contributed by atoms with Crippen LogP contribution in [0.4, 0.5) is 5.13 Å². The van der Waals surface area contributed by atoms with E-state index in [0.29, 0.717) is 24.0 Å². The van der Waals surface area contributed by atoms with Crippen LogP contribution in [-0.2, 0) is 11.3 Å². The molecule has 0 spiro atoms. The Balaban J connectivity index is 2.07. The van der Waals surface area contributed by atoms with E-state index >= 15 is 0 Å². The van der Waals surface area contributed by atoms with Crippen LogP contribution < -0.4 is 10.1 Å². The third kappa shape index (κ3) is 3.72. The summed E-state index contributed by atoms with van der Waals surface area (Å²) in [5, 5.41) is 3.91. The molecule has 0 saturated heterocycles. The van der Waals surface area contributed by atoms with Crippen molar-refractivity contribution in [3.8, 4) is 5.75 Å². The zero-order chi connectivity index (χ0) is 15.2. The third-order valence-corrected chi connectivity index (χ3v) is 3.82. The number of para-hydroxylation sites is 1. The molecule has 1 N–H and O–H groups in total. The van der Waals surface area contributed by atoms with Gasteiger partial charge in [-0.2, -0.15) is 0 Å². The van der Waals surface area contributed by atoms with Gasteiger partial charge in [-0.3, -0.25) is 0 Å². The monoisotopic (exact) mass is 306 g/mol. The van der Waals surface area contributed by atoms with Crippen LogP contribution in [0.25, 0.3) is 0 Å². The van der Waals surface area contributed by atoms with Crippen molar-refractivity contribution in [2.45, 2.75) is 20.4 Å². The highest BCUT2D eigenvalue weighted by molar-refractivity contribution is 7.15. The number of ether oxygens (including phenoxy) is 2. The number of methoxy groups -OCH3 is 1. The van der Waals surface area contributed by atoms with Gasteiger partial charge in [0.25, 0.3) is 0 Å². The first-order chi connectivity index (χ1) is 10.2. The van der Waals surface area contributed by atoms with Crippen molar-refractivity contribution >= 4 is 22.4 Å². The molecule has 112 valence electrons. The van der Waals surface area contributed by atoms with E-state index in [1.807, 2.05) is 31.2 Å². The van der Waals surface area contributed by atoms with Gasteiger partial charge in [-0.15, -0.1) is 11.3 Å². The Morgan fingerprint density at radius 2 is 2.14 bits per heavy atom. The number of nitrogens with zero attached hydrogens (tertiary/aromatic N) is 1. The summed E-state index contributed by atoms with van der Waals surface area (Å²) in [7, 11) is 1.64. The van der Waals surface area contributed by atoms with Gasteiger partial charge in [0, 0.05) is 17.0 Å². The summed E-state index contributed by atoms with van der Waals surface area (Å²) in [5.74, 6) is 0.445. The number of rotatable bonds is 6. The predicted molar refractivity (Wildman–Crippen MR) is 83.1 cm³/mol. The number of hydrogen-bond donors (Lipinski definition) is 1. The van der Waals surface area contributed by atoms with E-state index in [9.17, 15) is 4.79 Å². The summed E-state index contributed by atoms with van der Waals surface area (Å²) in [4.78, 5) is 16.9. The minimum atomic E-state index is -0.378. The van der Waals surface area contributed by atoms with Crippen LogP contribution in [0.3, 0.4) is 0 Å². The minimum absolute atomic E-state index is 0.347. The van der Waals surface area contributed by atoms with Crippen molar-refractivity contribution < 1.29 is 14.3 Å². The van der Waals surface area contributed by atoms with Crippen molar-refractivity contribution in [2.75, 3.05) is 19.0 Å². The van der Waals surface area contributed by atoms with E-state index in [1.54, 1.807) is 14.0 Å². The van der Waals surface area contributed by atoms with Gasteiger partial charge in [0.2, 0.25) is 0 Å². The molecule has 5 nitrogen and oxygen atoms in total. The molecule has 0 aliphatic heterocycles. The van der Waals surface area contributed by atoms with Crippen molar-refractivity contribution in [1.29, 1.82) is 0 Å². The summed E-state index contributed by atoms with van der Waals surface area (Å²) < 4.78 is 10.3. The van der Waals surface area contributed by atoms with Gasteiger partial charge >= 0.3 is 5.97 Å². The summed E-state index contributed by atoms with van der Waals surface area (Å²) in [6.45, 7) is 4.57. The normalized spacial score (nSPS) is 10.2. The first kappa shape index (κ1) is 15.3. The molecule has 0 aliphatic rings. The van der Waals surface area contributed by atoms with Crippen molar-refractivity contribution in [3.05, 3.63) is 40.4 Å². The van der Waals surface area contributed by atoms with Crippen LogP contribution in [-0.4, -0.2) is 24.7 Å². The highest BCUT2D eigenvalue weighted by Gasteiger charge is 2.16. The predicted octanol–water partition coefficient (Wildman–Crippen LogP) is 3.25. The van der Waals surface area contributed by atoms with Gasteiger partial charge in [0.15, 0.2) is 10.8 Å². The number of carbonyl (C=O) groups excluding carboxylic acids is 1. The van der Waals surface area contributed by atoms with Crippen LogP contribution in [0.5, 0.6) is 5.75 Å². The van der Waals surface area contributed by atoms with Gasteiger partial charge in [0.1, 0.15) is 5.75 Å². The lowest BCUT2D eigenvalue weighted by Gasteiger charge is -2.08. The van der Waals surface area contributed by atoms with E-state index in [2.05, 4.69) is 10.3 Å². The summed E-state index contributed by atoms with van der Waals surface area (Å²) >= 11 is 1.44. The molecule has 21 heavy (non-hydrogen) atoms. The Kier molecular flexibility index (Phi) is 5.16. The molecule has 1 heterocycles. The number of anilines is 1. The molecule has 0 radical (unpaired) electrons. The van der Waals surface area contributed by atoms with E-state index in [-0.39, 0.29) is 5.97 Å². The van der Waals surface area contributed by atoms with Crippen molar-refractivity contribution in [3.63, 3.8) is 0 Å². The number of esters is 1. The molecule has 0 unspecified atom stereocenters. The molecule has 1 aromatic carbocycles. The molecule has 2 rings (SSSR count). The highest BCUT2D eigenvalue weighted by atomic mass is 32.1. The molecule has 6 heteroatoms. The highest BCUT2D eigenvalue weighted by Crippen LogP contribution is 2.24. The molecule has 0 saturated carbocycles. The largest absolute Gasteiger partial charge is 0.496 e. The number of thiazole rings is 1. The number of carbonyl (C=O) groups is 1. The topological polar surface area (TPSA) is 60.5 Å². The fraction of sp³-hybridized carbons (Fsp3) is 0.333. The van der Waals surface area contributed by atoms with Gasteiger partial charge in [-0.1, -0.05) is 18.2 Å².